The molecule has 0 aliphatic carbocycles. The van der Waals surface area contributed by atoms with Gasteiger partial charge >= 0.3 is 0 Å². The Hall–Kier alpha value is -1.62. The van der Waals surface area contributed by atoms with E-state index in [1.165, 1.54) is 0 Å². The second kappa shape index (κ2) is 5.82. The fourth-order valence-corrected chi connectivity index (χ4v) is 2.55. The van der Waals surface area contributed by atoms with Crippen molar-refractivity contribution < 1.29 is 0 Å². The molecule has 0 aliphatic rings. The normalized spacial score (nSPS) is 16.4. The Morgan fingerprint density at radius 2 is 1.39 bits per heavy atom. The summed E-state index contributed by atoms with van der Waals surface area (Å²) in [5.74, 6) is 0. The van der Waals surface area contributed by atoms with Crippen molar-refractivity contribution in [3.63, 3.8) is 0 Å². The molecule has 2 heterocycles. The molecule has 18 heavy (non-hydrogen) atoms. The van der Waals surface area contributed by atoms with E-state index in [2.05, 4.69) is 32.9 Å². The van der Waals surface area contributed by atoms with Crippen LogP contribution >= 0.6 is 0 Å². The van der Waals surface area contributed by atoms with Crippen molar-refractivity contribution in [3.05, 3.63) is 37.4 Å². The maximum absolute atomic E-state index is 6.47. The van der Waals surface area contributed by atoms with Crippen molar-refractivity contribution in [2.75, 3.05) is 0 Å². The molecule has 98 valence electrons. The second-order valence-electron chi connectivity index (χ2n) is 4.55. The third-order valence-corrected chi connectivity index (χ3v) is 3.54. The van der Waals surface area contributed by atoms with Crippen molar-refractivity contribution in [2.45, 2.75) is 44.8 Å². The van der Waals surface area contributed by atoms with Crippen LogP contribution in [0.15, 0.2) is 37.4 Å². The number of imidazole rings is 2. The molecule has 2 aromatic heterocycles. The molecular formula is C13H21N5. The average Bonchev–Trinajstić information content (AvgIpc) is 3.03. The van der Waals surface area contributed by atoms with E-state index in [4.69, 9.17) is 5.73 Å². The molecule has 0 saturated carbocycles. The van der Waals surface area contributed by atoms with Crippen LogP contribution in [0.1, 0.15) is 38.8 Å². The highest BCUT2D eigenvalue weighted by atomic mass is 15.1. The quantitative estimate of drug-likeness (QED) is 0.849. The van der Waals surface area contributed by atoms with Crippen molar-refractivity contribution in [1.29, 1.82) is 0 Å². The summed E-state index contributed by atoms with van der Waals surface area (Å²) in [6.07, 6.45) is 13.2. The highest BCUT2D eigenvalue weighted by molar-refractivity contribution is 4.93. The van der Waals surface area contributed by atoms with Gasteiger partial charge in [-0.15, -0.1) is 0 Å². The first kappa shape index (κ1) is 12.8. The van der Waals surface area contributed by atoms with Gasteiger partial charge in [0.15, 0.2) is 0 Å². The van der Waals surface area contributed by atoms with E-state index in [0.717, 1.165) is 12.8 Å². The minimum absolute atomic E-state index is 0.0448. The van der Waals surface area contributed by atoms with Crippen LogP contribution in [0.5, 0.6) is 0 Å². The van der Waals surface area contributed by atoms with E-state index < -0.39 is 0 Å². The first-order valence-electron chi connectivity index (χ1n) is 6.48. The van der Waals surface area contributed by atoms with Crippen LogP contribution in [0.4, 0.5) is 0 Å². The standard InChI is InChI=1S/C13H21N5/c1-3-11(17-7-5-15-9-17)13(14)12(4-2)18-8-6-16-10-18/h5-13H,3-4,14H2,1-2H3. The summed E-state index contributed by atoms with van der Waals surface area (Å²) in [7, 11) is 0. The van der Waals surface area contributed by atoms with Gasteiger partial charge in [0.25, 0.3) is 0 Å². The molecule has 0 bridgehead atoms. The van der Waals surface area contributed by atoms with Crippen LogP contribution in [-0.4, -0.2) is 25.1 Å². The molecule has 0 aromatic carbocycles. The molecule has 2 unspecified atom stereocenters. The molecular weight excluding hydrogens is 226 g/mol. The molecule has 2 N–H and O–H groups in total. The van der Waals surface area contributed by atoms with Crippen molar-refractivity contribution in [3.8, 4) is 0 Å². The first-order valence-corrected chi connectivity index (χ1v) is 6.48. The summed E-state index contributed by atoms with van der Waals surface area (Å²) >= 11 is 0. The molecule has 5 heteroatoms. The molecule has 5 nitrogen and oxygen atoms in total. The van der Waals surface area contributed by atoms with Gasteiger partial charge in [0.05, 0.1) is 24.7 Å². The number of rotatable bonds is 6. The van der Waals surface area contributed by atoms with E-state index in [1.54, 1.807) is 12.4 Å². The van der Waals surface area contributed by atoms with Crippen LogP contribution in [0.3, 0.4) is 0 Å². The molecule has 0 radical (unpaired) electrons. The fraction of sp³-hybridized carbons (Fsp3) is 0.538. The molecule has 2 atom stereocenters. The number of nitrogens with two attached hydrogens (primary N) is 1. The van der Waals surface area contributed by atoms with Crippen LogP contribution < -0.4 is 5.73 Å². The molecule has 0 fully saturated rings. The monoisotopic (exact) mass is 247 g/mol. The van der Waals surface area contributed by atoms with Gasteiger partial charge in [-0.3, -0.25) is 0 Å². The van der Waals surface area contributed by atoms with Gasteiger partial charge in [-0.2, -0.15) is 0 Å². The number of aromatic nitrogens is 4. The lowest BCUT2D eigenvalue weighted by Gasteiger charge is -2.31. The third-order valence-electron chi connectivity index (χ3n) is 3.54. The van der Waals surface area contributed by atoms with Gasteiger partial charge in [-0.05, 0) is 12.8 Å². The molecule has 0 amide bonds. The minimum Gasteiger partial charge on any atom is -0.333 e. The van der Waals surface area contributed by atoms with Crippen LogP contribution in [0, 0.1) is 0 Å². The highest BCUT2D eigenvalue weighted by Crippen LogP contribution is 2.25. The van der Waals surface area contributed by atoms with E-state index in [1.807, 2.05) is 25.0 Å². The highest BCUT2D eigenvalue weighted by Gasteiger charge is 2.26. The predicted molar refractivity (Wildman–Crippen MR) is 71.1 cm³/mol. The van der Waals surface area contributed by atoms with Crippen LogP contribution in [0.25, 0.3) is 0 Å². The fourth-order valence-electron chi connectivity index (χ4n) is 2.55. The van der Waals surface area contributed by atoms with Crippen LogP contribution in [0.2, 0.25) is 0 Å². The zero-order valence-corrected chi connectivity index (χ0v) is 11.0. The Labute approximate surface area is 108 Å². The lowest BCUT2D eigenvalue weighted by atomic mass is 9.96. The van der Waals surface area contributed by atoms with Gasteiger partial charge in [-0.1, -0.05) is 13.8 Å². The Kier molecular flexibility index (Phi) is 4.15. The number of hydrogen-bond acceptors (Lipinski definition) is 3. The van der Waals surface area contributed by atoms with Gasteiger partial charge in [0, 0.05) is 30.8 Å². The maximum Gasteiger partial charge on any atom is 0.0949 e. The zero-order valence-electron chi connectivity index (χ0n) is 11.0. The average molecular weight is 247 g/mol. The zero-order chi connectivity index (χ0) is 13.0. The topological polar surface area (TPSA) is 61.7 Å². The summed E-state index contributed by atoms with van der Waals surface area (Å²) in [6.45, 7) is 4.32. The number of nitrogens with zero attached hydrogens (tertiary/aromatic N) is 4. The first-order chi connectivity index (χ1) is 8.77. The lowest BCUT2D eigenvalue weighted by molar-refractivity contribution is 0.290. The second-order valence-corrected chi connectivity index (χ2v) is 4.55. The summed E-state index contributed by atoms with van der Waals surface area (Å²) < 4.78 is 4.20. The van der Waals surface area contributed by atoms with E-state index >= 15 is 0 Å². The van der Waals surface area contributed by atoms with Gasteiger partial charge in [0.1, 0.15) is 0 Å². The summed E-state index contributed by atoms with van der Waals surface area (Å²) in [5, 5.41) is 0. The Morgan fingerprint density at radius 1 is 0.944 bits per heavy atom. The molecule has 2 aromatic rings. The molecule has 0 spiro atoms. The van der Waals surface area contributed by atoms with Crippen molar-refractivity contribution in [1.82, 2.24) is 19.1 Å². The molecule has 0 saturated heterocycles. The largest absolute Gasteiger partial charge is 0.333 e. The van der Waals surface area contributed by atoms with Gasteiger partial charge in [0.2, 0.25) is 0 Å². The van der Waals surface area contributed by atoms with E-state index in [9.17, 15) is 0 Å². The van der Waals surface area contributed by atoms with E-state index in [0.29, 0.717) is 0 Å². The summed E-state index contributed by atoms with van der Waals surface area (Å²) in [4.78, 5) is 8.22. The van der Waals surface area contributed by atoms with Gasteiger partial charge < -0.3 is 14.9 Å². The summed E-state index contributed by atoms with van der Waals surface area (Å²) in [5.41, 5.74) is 6.47. The van der Waals surface area contributed by atoms with E-state index in [-0.39, 0.29) is 18.1 Å². The smallest absolute Gasteiger partial charge is 0.0949 e. The molecule has 0 aliphatic heterocycles. The van der Waals surface area contributed by atoms with Crippen molar-refractivity contribution in [2.24, 2.45) is 5.73 Å². The van der Waals surface area contributed by atoms with Gasteiger partial charge in [-0.25, -0.2) is 9.97 Å². The minimum atomic E-state index is 0.0448. The number of hydrogen-bond donors (Lipinski definition) is 1. The Morgan fingerprint density at radius 3 is 1.67 bits per heavy atom. The Balaban J connectivity index is 2.20. The van der Waals surface area contributed by atoms with Crippen molar-refractivity contribution >= 4 is 0 Å². The van der Waals surface area contributed by atoms with Crippen LogP contribution in [-0.2, 0) is 0 Å². The Bertz CT molecular complexity index is 392. The lowest BCUT2D eigenvalue weighted by Crippen LogP contribution is -2.39. The third kappa shape index (κ3) is 2.46. The SMILES string of the molecule is CCC(C(N)C(CC)n1ccnc1)n1ccnc1. The predicted octanol–water partition coefficient (Wildman–Crippen LogP) is 2.01. The maximum atomic E-state index is 6.47. The molecule has 2 rings (SSSR count). The summed E-state index contributed by atoms with van der Waals surface area (Å²) in [6, 6.07) is 0.572.